The molecule has 1 aromatic rings. The Bertz CT molecular complexity index is 501. The first-order chi connectivity index (χ1) is 10.1. The normalized spacial score (nSPS) is 26.2. The van der Waals surface area contributed by atoms with Gasteiger partial charge < -0.3 is 10.2 Å². The van der Waals surface area contributed by atoms with Gasteiger partial charge in [-0.1, -0.05) is 13.8 Å². The average molecular weight is 289 g/mol. The molecule has 0 aromatic carbocycles. The molecule has 2 aliphatic heterocycles. The molecular formula is C16H27N5. The Kier molecular flexibility index (Phi) is 4.02. The lowest BCUT2D eigenvalue weighted by Crippen LogP contribution is -2.55. The summed E-state index contributed by atoms with van der Waals surface area (Å²) in [6.45, 7) is 10.1. The van der Waals surface area contributed by atoms with Gasteiger partial charge in [0, 0.05) is 44.2 Å². The molecule has 0 amide bonds. The molecule has 0 bridgehead atoms. The fraction of sp³-hybridized carbons (Fsp3) is 0.750. The van der Waals surface area contributed by atoms with Gasteiger partial charge in [-0.3, -0.25) is 4.90 Å². The fourth-order valence-corrected chi connectivity index (χ4v) is 3.49. The monoisotopic (exact) mass is 289 g/mol. The van der Waals surface area contributed by atoms with Crippen LogP contribution < -0.4 is 10.2 Å². The molecule has 116 valence electrons. The van der Waals surface area contributed by atoms with Crippen molar-refractivity contribution in [2.75, 3.05) is 36.9 Å². The largest absolute Gasteiger partial charge is 0.373 e. The highest BCUT2D eigenvalue weighted by atomic mass is 15.3. The number of fused-ring (bicyclic) bond motifs is 1. The van der Waals surface area contributed by atoms with Crippen LogP contribution in [-0.2, 0) is 0 Å². The van der Waals surface area contributed by atoms with Crippen molar-refractivity contribution in [3.63, 3.8) is 0 Å². The molecule has 3 rings (SSSR count). The van der Waals surface area contributed by atoms with Crippen LogP contribution in [0.4, 0.5) is 11.6 Å². The first-order valence-electron chi connectivity index (χ1n) is 8.16. The summed E-state index contributed by atoms with van der Waals surface area (Å²) in [6.07, 6.45) is 2.66. The Morgan fingerprint density at radius 3 is 2.81 bits per heavy atom. The quantitative estimate of drug-likeness (QED) is 0.925. The average Bonchev–Trinajstić information content (AvgIpc) is 2.92. The van der Waals surface area contributed by atoms with Gasteiger partial charge in [-0.25, -0.2) is 9.97 Å². The minimum atomic E-state index is 0.347. The molecule has 21 heavy (non-hydrogen) atoms. The highest BCUT2D eigenvalue weighted by Crippen LogP contribution is 2.29. The molecule has 5 heteroatoms. The third kappa shape index (κ3) is 2.84. The second kappa shape index (κ2) is 5.79. The van der Waals surface area contributed by atoms with Crippen LogP contribution in [0, 0.1) is 0 Å². The molecule has 2 atom stereocenters. The molecule has 0 saturated carbocycles. The van der Waals surface area contributed by atoms with Crippen LogP contribution in [0.1, 0.15) is 45.4 Å². The number of nitrogens with zero attached hydrogens (tertiary/aromatic N) is 4. The van der Waals surface area contributed by atoms with E-state index in [1.54, 1.807) is 0 Å². The van der Waals surface area contributed by atoms with Crippen LogP contribution in [0.2, 0.25) is 0 Å². The van der Waals surface area contributed by atoms with Crippen LogP contribution in [0.3, 0.4) is 0 Å². The molecule has 3 heterocycles. The van der Waals surface area contributed by atoms with Crippen molar-refractivity contribution in [1.82, 2.24) is 14.9 Å². The van der Waals surface area contributed by atoms with Crippen molar-refractivity contribution in [2.24, 2.45) is 0 Å². The van der Waals surface area contributed by atoms with E-state index >= 15 is 0 Å². The third-order valence-corrected chi connectivity index (χ3v) is 4.73. The van der Waals surface area contributed by atoms with Crippen molar-refractivity contribution < 1.29 is 0 Å². The Labute approximate surface area is 127 Å². The summed E-state index contributed by atoms with van der Waals surface area (Å²) in [5.41, 5.74) is 0. The molecule has 0 radical (unpaired) electrons. The molecular weight excluding hydrogens is 262 g/mol. The predicted molar refractivity (Wildman–Crippen MR) is 87.1 cm³/mol. The maximum Gasteiger partial charge on any atom is 0.135 e. The standard InChI is InChI=1S/C16H27N5/c1-11(2)16-18-14(17-4)8-15(19-16)21-10-13-6-5-7-20(13)9-12(21)3/h8,11-13H,5-7,9-10H2,1-4H3,(H,17,18,19). The summed E-state index contributed by atoms with van der Waals surface area (Å²) < 4.78 is 0. The summed E-state index contributed by atoms with van der Waals surface area (Å²) in [5, 5.41) is 3.17. The number of nitrogens with one attached hydrogen (secondary N) is 1. The van der Waals surface area contributed by atoms with Crippen molar-refractivity contribution >= 4 is 11.6 Å². The van der Waals surface area contributed by atoms with E-state index in [0.29, 0.717) is 18.0 Å². The zero-order chi connectivity index (χ0) is 15.0. The number of anilines is 2. The number of piperazine rings is 1. The third-order valence-electron chi connectivity index (χ3n) is 4.73. The van der Waals surface area contributed by atoms with E-state index in [0.717, 1.165) is 30.5 Å². The lowest BCUT2D eigenvalue weighted by molar-refractivity contribution is 0.202. The van der Waals surface area contributed by atoms with E-state index in [2.05, 4.69) is 46.9 Å². The Morgan fingerprint density at radius 1 is 1.29 bits per heavy atom. The van der Waals surface area contributed by atoms with E-state index in [4.69, 9.17) is 4.98 Å². The summed E-state index contributed by atoms with van der Waals surface area (Å²) in [6, 6.07) is 3.31. The molecule has 2 unspecified atom stereocenters. The Balaban J connectivity index is 1.89. The minimum absolute atomic E-state index is 0.347. The second-order valence-corrected chi connectivity index (χ2v) is 6.67. The first-order valence-corrected chi connectivity index (χ1v) is 8.16. The maximum atomic E-state index is 4.83. The van der Waals surface area contributed by atoms with Crippen molar-refractivity contribution in [3.05, 3.63) is 11.9 Å². The lowest BCUT2D eigenvalue weighted by Gasteiger charge is -2.43. The molecule has 1 aromatic heterocycles. The van der Waals surface area contributed by atoms with Gasteiger partial charge in [0.25, 0.3) is 0 Å². The number of hydrogen-bond donors (Lipinski definition) is 1. The van der Waals surface area contributed by atoms with Gasteiger partial charge in [0.2, 0.25) is 0 Å². The van der Waals surface area contributed by atoms with E-state index in [1.165, 1.54) is 19.4 Å². The summed E-state index contributed by atoms with van der Waals surface area (Å²) in [7, 11) is 1.93. The number of rotatable bonds is 3. The topological polar surface area (TPSA) is 44.3 Å². The van der Waals surface area contributed by atoms with E-state index in [1.807, 2.05) is 7.05 Å². The highest BCUT2D eigenvalue weighted by Gasteiger charge is 2.35. The van der Waals surface area contributed by atoms with Gasteiger partial charge in [0.15, 0.2) is 0 Å². The summed E-state index contributed by atoms with van der Waals surface area (Å²) in [5.74, 6) is 3.28. The van der Waals surface area contributed by atoms with Gasteiger partial charge in [0.05, 0.1) is 0 Å². The van der Waals surface area contributed by atoms with E-state index in [-0.39, 0.29) is 0 Å². The van der Waals surface area contributed by atoms with Crippen LogP contribution in [0.5, 0.6) is 0 Å². The van der Waals surface area contributed by atoms with Gasteiger partial charge in [-0.05, 0) is 26.3 Å². The van der Waals surface area contributed by atoms with Crippen LogP contribution >= 0.6 is 0 Å². The van der Waals surface area contributed by atoms with Gasteiger partial charge in [-0.15, -0.1) is 0 Å². The van der Waals surface area contributed by atoms with Crippen LogP contribution in [0.15, 0.2) is 6.07 Å². The first kappa shape index (κ1) is 14.6. The highest BCUT2D eigenvalue weighted by molar-refractivity contribution is 5.50. The zero-order valence-electron chi connectivity index (χ0n) is 13.6. The molecule has 2 fully saturated rings. The van der Waals surface area contributed by atoms with Gasteiger partial charge in [0.1, 0.15) is 17.5 Å². The minimum Gasteiger partial charge on any atom is -0.373 e. The lowest BCUT2D eigenvalue weighted by atomic mass is 10.1. The Hall–Kier alpha value is -1.36. The van der Waals surface area contributed by atoms with Gasteiger partial charge in [-0.2, -0.15) is 0 Å². The second-order valence-electron chi connectivity index (χ2n) is 6.67. The molecule has 2 saturated heterocycles. The maximum absolute atomic E-state index is 4.83. The van der Waals surface area contributed by atoms with Crippen molar-refractivity contribution in [1.29, 1.82) is 0 Å². The fourth-order valence-electron chi connectivity index (χ4n) is 3.49. The molecule has 2 aliphatic rings. The molecule has 1 N–H and O–H groups in total. The van der Waals surface area contributed by atoms with Crippen LogP contribution in [0.25, 0.3) is 0 Å². The predicted octanol–water partition coefficient (Wildman–Crippen LogP) is 2.31. The molecule has 5 nitrogen and oxygen atoms in total. The number of hydrogen-bond acceptors (Lipinski definition) is 5. The van der Waals surface area contributed by atoms with Crippen molar-refractivity contribution in [2.45, 2.75) is 51.6 Å². The van der Waals surface area contributed by atoms with E-state index in [9.17, 15) is 0 Å². The SMILES string of the molecule is CNc1cc(N2CC3CCCN3CC2C)nc(C(C)C)n1. The van der Waals surface area contributed by atoms with Crippen molar-refractivity contribution in [3.8, 4) is 0 Å². The Morgan fingerprint density at radius 2 is 2.10 bits per heavy atom. The summed E-state index contributed by atoms with van der Waals surface area (Å²) >= 11 is 0. The van der Waals surface area contributed by atoms with Crippen LogP contribution in [-0.4, -0.2) is 53.6 Å². The molecule has 0 spiro atoms. The molecule has 0 aliphatic carbocycles. The smallest absolute Gasteiger partial charge is 0.135 e. The van der Waals surface area contributed by atoms with Gasteiger partial charge >= 0.3 is 0 Å². The summed E-state index contributed by atoms with van der Waals surface area (Å²) in [4.78, 5) is 14.5. The van der Waals surface area contributed by atoms with E-state index < -0.39 is 0 Å². The zero-order valence-corrected chi connectivity index (χ0v) is 13.6. The number of aromatic nitrogens is 2.